The molecular weight excluding hydrogens is 220 g/mol. The number of nitrogens with one attached hydrogen (secondary N) is 1. The number of benzene rings is 1. The molecule has 2 aliphatic carbocycles. The third-order valence-corrected chi connectivity index (χ3v) is 4.16. The van der Waals surface area contributed by atoms with E-state index in [1.165, 1.54) is 49.0 Å². The number of anilines is 1. The number of hydrogen-bond acceptors (Lipinski definition) is 2. The fourth-order valence-electron chi connectivity index (χ4n) is 2.68. The van der Waals surface area contributed by atoms with Crippen molar-refractivity contribution in [1.82, 2.24) is 5.32 Å². The molecule has 1 aromatic rings. The predicted molar refractivity (Wildman–Crippen MR) is 77.0 cm³/mol. The quantitative estimate of drug-likeness (QED) is 0.827. The minimum Gasteiger partial charge on any atom is -0.368 e. The highest BCUT2D eigenvalue weighted by molar-refractivity contribution is 5.52. The van der Waals surface area contributed by atoms with Crippen molar-refractivity contribution in [2.24, 2.45) is 5.92 Å². The summed E-state index contributed by atoms with van der Waals surface area (Å²) in [5, 5.41) is 3.24. The molecule has 2 heteroatoms. The zero-order valence-corrected chi connectivity index (χ0v) is 11.6. The molecule has 0 heterocycles. The van der Waals surface area contributed by atoms with Crippen molar-refractivity contribution < 1.29 is 0 Å². The van der Waals surface area contributed by atoms with Gasteiger partial charge >= 0.3 is 0 Å². The third kappa shape index (κ3) is 2.69. The van der Waals surface area contributed by atoms with Crippen LogP contribution in [0, 0.1) is 12.8 Å². The van der Waals surface area contributed by atoms with Gasteiger partial charge < -0.3 is 10.2 Å². The first-order valence-electron chi connectivity index (χ1n) is 7.28. The van der Waals surface area contributed by atoms with Gasteiger partial charge in [-0.05, 0) is 68.8 Å². The van der Waals surface area contributed by atoms with Crippen molar-refractivity contribution in [2.45, 2.75) is 45.2 Å². The first-order valence-corrected chi connectivity index (χ1v) is 7.28. The highest BCUT2D eigenvalue weighted by atomic mass is 15.2. The van der Waals surface area contributed by atoms with Crippen LogP contribution in [0.2, 0.25) is 0 Å². The van der Waals surface area contributed by atoms with E-state index in [-0.39, 0.29) is 0 Å². The fourth-order valence-corrected chi connectivity index (χ4v) is 2.68. The minimum absolute atomic E-state index is 0.833. The zero-order chi connectivity index (χ0) is 12.5. The molecule has 0 bridgehead atoms. The highest BCUT2D eigenvalue weighted by Crippen LogP contribution is 2.38. The standard InChI is InChI=1S/C16H24N2/c1-12-9-16(6-5-14(12)10-17-2)18(15-7-8-15)11-13-3-4-13/h5-6,9,13,15,17H,3-4,7-8,10-11H2,1-2H3. The van der Waals surface area contributed by atoms with Crippen molar-refractivity contribution in [2.75, 3.05) is 18.5 Å². The molecular formula is C16H24N2. The molecule has 0 aromatic heterocycles. The van der Waals surface area contributed by atoms with E-state index in [4.69, 9.17) is 0 Å². The smallest absolute Gasteiger partial charge is 0.0371 e. The Morgan fingerprint density at radius 1 is 1.22 bits per heavy atom. The predicted octanol–water partition coefficient (Wildman–Crippen LogP) is 3.09. The molecule has 0 spiro atoms. The van der Waals surface area contributed by atoms with Crippen LogP contribution in [0.1, 0.15) is 36.8 Å². The fraction of sp³-hybridized carbons (Fsp3) is 0.625. The van der Waals surface area contributed by atoms with Gasteiger partial charge in [-0.2, -0.15) is 0 Å². The summed E-state index contributed by atoms with van der Waals surface area (Å²) in [5.74, 6) is 0.975. The molecule has 0 unspecified atom stereocenters. The molecule has 2 nitrogen and oxygen atoms in total. The third-order valence-electron chi connectivity index (χ3n) is 4.16. The Balaban J connectivity index is 1.77. The minimum atomic E-state index is 0.833. The van der Waals surface area contributed by atoms with Crippen molar-refractivity contribution in [3.05, 3.63) is 29.3 Å². The lowest BCUT2D eigenvalue weighted by Crippen LogP contribution is -2.28. The van der Waals surface area contributed by atoms with E-state index in [9.17, 15) is 0 Å². The summed E-state index contributed by atoms with van der Waals surface area (Å²) in [4.78, 5) is 2.66. The van der Waals surface area contributed by atoms with Crippen molar-refractivity contribution >= 4 is 5.69 Å². The SMILES string of the molecule is CNCc1ccc(N(CC2CC2)C2CC2)cc1C. The lowest BCUT2D eigenvalue weighted by Gasteiger charge is -2.25. The Bertz CT molecular complexity index is 419. The van der Waals surface area contributed by atoms with Gasteiger partial charge in [0.25, 0.3) is 0 Å². The number of rotatable bonds is 6. The van der Waals surface area contributed by atoms with E-state index >= 15 is 0 Å². The van der Waals surface area contributed by atoms with Crippen LogP contribution in [0.5, 0.6) is 0 Å². The normalized spacial score (nSPS) is 19.0. The first kappa shape index (κ1) is 12.0. The van der Waals surface area contributed by atoms with Gasteiger partial charge in [-0.25, -0.2) is 0 Å². The molecule has 0 radical (unpaired) electrons. The Labute approximate surface area is 110 Å². The average Bonchev–Trinajstić information content (AvgIpc) is 3.23. The van der Waals surface area contributed by atoms with E-state index in [1.807, 2.05) is 7.05 Å². The largest absolute Gasteiger partial charge is 0.368 e. The summed E-state index contributed by atoms with van der Waals surface area (Å²) in [6.07, 6.45) is 5.67. The van der Waals surface area contributed by atoms with Crippen molar-refractivity contribution in [3.8, 4) is 0 Å². The van der Waals surface area contributed by atoms with Crippen molar-refractivity contribution in [1.29, 1.82) is 0 Å². The molecule has 2 saturated carbocycles. The molecule has 0 saturated heterocycles. The Hall–Kier alpha value is -1.02. The second kappa shape index (κ2) is 4.93. The molecule has 1 N–H and O–H groups in total. The average molecular weight is 244 g/mol. The van der Waals surface area contributed by atoms with Crippen LogP contribution in [0.25, 0.3) is 0 Å². The molecule has 3 rings (SSSR count). The van der Waals surface area contributed by atoms with E-state index in [0.29, 0.717) is 0 Å². The van der Waals surface area contributed by atoms with Crippen LogP contribution in [0.15, 0.2) is 18.2 Å². The molecule has 1 aromatic carbocycles. The number of aryl methyl sites for hydroxylation is 1. The number of hydrogen-bond donors (Lipinski definition) is 1. The summed E-state index contributed by atoms with van der Waals surface area (Å²) in [6, 6.07) is 7.83. The Morgan fingerprint density at radius 2 is 2.00 bits per heavy atom. The van der Waals surface area contributed by atoms with E-state index in [0.717, 1.165) is 18.5 Å². The van der Waals surface area contributed by atoms with Gasteiger partial charge in [-0.1, -0.05) is 6.07 Å². The zero-order valence-electron chi connectivity index (χ0n) is 11.6. The van der Waals surface area contributed by atoms with Gasteiger partial charge in [0.1, 0.15) is 0 Å². The van der Waals surface area contributed by atoms with E-state index < -0.39 is 0 Å². The molecule has 2 aliphatic rings. The van der Waals surface area contributed by atoms with Crippen molar-refractivity contribution in [3.63, 3.8) is 0 Å². The van der Waals surface area contributed by atoms with Gasteiger partial charge in [0, 0.05) is 24.8 Å². The second-order valence-electron chi connectivity index (χ2n) is 5.97. The number of nitrogens with zero attached hydrogens (tertiary/aromatic N) is 1. The van der Waals surface area contributed by atoms with Gasteiger partial charge in [-0.15, -0.1) is 0 Å². The maximum atomic E-state index is 3.24. The van der Waals surface area contributed by atoms with Crippen LogP contribution in [-0.4, -0.2) is 19.6 Å². The van der Waals surface area contributed by atoms with E-state index in [1.54, 1.807) is 0 Å². The summed E-state index contributed by atoms with van der Waals surface area (Å²) in [5.41, 5.74) is 4.29. The molecule has 18 heavy (non-hydrogen) atoms. The maximum absolute atomic E-state index is 3.24. The topological polar surface area (TPSA) is 15.3 Å². The molecule has 0 aliphatic heterocycles. The van der Waals surface area contributed by atoms with Crippen LogP contribution in [0.3, 0.4) is 0 Å². The second-order valence-corrected chi connectivity index (χ2v) is 5.97. The van der Waals surface area contributed by atoms with Crippen LogP contribution >= 0.6 is 0 Å². The Kier molecular flexibility index (Phi) is 3.29. The monoisotopic (exact) mass is 244 g/mol. The molecule has 2 fully saturated rings. The molecule has 98 valence electrons. The summed E-state index contributed by atoms with van der Waals surface area (Å²) >= 11 is 0. The maximum Gasteiger partial charge on any atom is 0.0371 e. The highest BCUT2D eigenvalue weighted by Gasteiger charge is 2.33. The van der Waals surface area contributed by atoms with E-state index in [2.05, 4.69) is 35.3 Å². The molecule has 0 atom stereocenters. The summed E-state index contributed by atoms with van der Waals surface area (Å²) in [6.45, 7) is 4.49. The summed E-state index contributed by atoms with van der Waals surface area (Å²) < 4.78 is 0. The van der Waals surface area contributed by atoms with Gasteiger partial charge in [0.15, 0.2) is 0 Å². The lowest BCUT2D eigenvalue weighted by molar-refractivity contribution is 0.718. The molecule has 0 amide bonds. The first-order chi connectivity index (χ1) is 8.78. The van der Waals surface area contributed by atoms with Gasteiger partial charge in [0.05, 0.1) is 0 Å². The van der Waals surface area contributed by atoms with Crippen LogP contribution in [0.4, 0.5) is 5.69 Å². The summed E-state index contributed by atoms with van der Waals surface area (Å²) in [7, 11) is 2.01. The van der Waals surface area contributed by atoms with Gasteiger partial charge in [0.2, 0.25) is 0 Å². The lowest BCUT2D eigenvalue weighted by atomic mass is 10.1. The van der Waals surface area contributed by atoms with Gasteiger partial charge in [-0.3, -0.25) is 0 Å². The van der Waals surface area contributed by atoms with Crippen LogP contribution < -0.4 is 10.2 Å². The van der Waals surface area contributed by atoms with Crippen LogP contribution in [-0.2, 0) is 6.54 Å². The Morgan fingerprint density at radius 3 is 2.56 bits per heavy atom.